The molecule has 170 valence electrons. The molecule has 0 saturated heterocycles. The number of rotatable bonds is 3. The van der Waals surface area contributed by atoms with E-state index in [1.165, 1.54) is 19.1 Å². The number of ether oxygens (including phenoxy) is 1. The Hall–Kier alpha value is -1.86. The van der Waals surface area contributed by atoms with E-state index in [2.05, 4.69) is 0 Å². The van der Waals surface area contributed by atoms with Gasteiger partial charge in [-0.25, -0.2) is 4.39 Å². The molecule has 2 N–H and O–H groups in total. The van der Waals surface area contributed by atoms with Crippen LogP contribution < -0.4 is 0 Å². The van der Waals surface area contributed by atoms with Gasteiger partial charge in [0.15, 0.2) is 12.4 Å². The Balaban J connectivity index is 1.74. The Bertz CT molecular complexity index is 895. The third kappa shape index (κ3) is 2.92. The molecule has 7 heteroatoms. The molecule has 0 aromatic carbocycles. The minimum atomic E-state index is -1.78. The number of aliphatic hydroxyl groups is 2. The highest BCUT2D eigenvalue weighted by atomic mass is 19.1. The monoisotopic (exact) mass is 434 g/mol. The van der Waals surface area contributed by atoms with Crippen LogP contribution in [0.3, 0.4) is 0 Å². The number of carbonyl (C=O) groups excluding carboxylic acids is 3. The molecule has 0 bridgehead atoms. The molecule has 9 atom stereocenters. The maximum Gasteiger partial charge on any atom is 0.303 e. The fourth-order valence-corrected chi connectivity index (χ4v) is 7.54. The van der Waals surface area contributed by atoms with Gasteiger partial charge in [-0.3, -0.25) is 14.4 Å². The van der Waals surface area contributed by atoms with E-state index in [0.717, 1.165) is 0 Å². The number of hydrogen-bond acceptors (Lipinski definition) is 6. The fraction of sp³-hybridized carbons (Fsp3) is 0.708. The Kier molecular flexibility index (Phi) is 5.10. The number of Topliss-reactive ketones (excluding diaryl/α,β-unsaturated/α-hetero) is 1. The van der Waals surface area contributed by atoms with Gasteiger partial charge in [-0.2, -0.15) is 0 Å². The summed E-state index contributed by atoms with van der Waals surface area (Å²) in [5.41, 5.74) is -3.13. The number of hydrogen-bond donors (Lipinski definition) is 2. The Morgan fingerprint density at radius 2 is 1.97 bits per heavy atom. The lowest BCUT2D eigenvalue weighted by atomic mass is 9.46. The molecule has 6 nitrogen and oxygen atoms in total. The van der Waals surface area contributed by atoms with E-state index in [1.54, 1.807) is 19.9 Å². The van der Waals surface area contributed by atoms with Gasteiger partial charge in [-0.05, 0) is 54.7 Å². The van der Waals surface area contributed by atoms with Crippen LogP contribution in [0.2, 0.25) is 0 Å². The zero-order valence-electron chi connectivity index (χ0n) is 18.4. The number of fused-ring (bicyclic) bond motifs is 5. The third-order valence-corrected chi connectivity index (χ3v) is 8.89. The lowest BCUT2D eigenvalue weighted by Crippen LogP contribution is -2.63. The molecule has 3 saturated carbocycles. The molecule has 0 amide bonds. The molecule has 4 aliphatic rings. The molecular weight excluding hydrogens is 403 g/mol. The van der Waals surface area contributed by atoms with Gasteiger partial charge in [0.25, 0.3) is 0 Å². The zero-order chi connectivity index (χ0) is 22.9. The molecular formula is C24H31FO6. The molecule has 0 aliphatic heterocycles. The minimum Gasteiger partial charge on any atom is -0.458 e. The molecule has 4 rings (SSSR count). The first-order chi connectivity index (χ1) is 14.4. The summed E-state index contributed by atoms with van der Waals surface area (Å²) in [5.74, 6) is -2.62. The predicted octanol–water partition coefficient (Wildman–Crippen LogP) is 2.32. The summed E-state index contributed by atoms with van der Waals surface area (Å²) >= 11 is 0. The summed E-state index contributed by atoms with van der Waals surface area (Å²) in [5, 5.41) is 23.0. The van der Waals surface area contributed by atoms with Crippen LogP contribution in [0.5, 0.6) is 0 Å². The van der Waals surface area contributed by atoms with E-state index >= 15 is 4.39 Å². The van der Waals surface area contributed by atoms with E-state index < -0.39 is 53.0 Å². The van der Waals surface area contributed by atoms with Crippen molar-refractivity contribution in [1.29, 1.82) is 0 Å². The van der Waals surface area contributed by atoms with Crippen LogP contribution in [-0.2, 0) is 19.1 Å². The van der Waals surface area contributed by atoms with Gasteiger partial charge in [0.1, 0.15) is 11.8 Å². The first kappa shape index (κ1) is 22.3. The van der Waals surface area contributed by atoms with Crippen LogP contribution in [0, 0.1) is 34.5 Å². The maximum absolute atomic E-state index is 15.4. The van der Waals surface area contributed by atoms with E-state index in [4.69, 9.17) is 4.74 Å². The second kappa shape index (κ2) is 7.07. The molecule has 0 radical (unpaired) electrons. The van der Waals surface area contributed by atoms with Crippen LogP contribution >= 0.6 is 0 Å². The summed E-state index contributed by atoms with van der Waals surface area (Å²) in [4.78, 5) is 36.2. The van der Waals surface area contributed by atoms with Crippen molar-refractivity contribution in [2.24, 2.45) is 34.5 Å². The minimum absolute atomic E-state index is 0.144. The second-order valence-corrected chi connectivity index (χ2v) is 10.4. The van der Waals surface area contributed by atoms with E-state index in [9.17, 15) is 24.6 Å². The lowest BCUT2D eigenvalue weighted by Gasteiger charge is -2.60. The standard InChI is InChI=1S/C24H31FO6/c1-12-7-16-15-9-18(25)17-8-14(27)5-6-22(17,3)21(15)19(28)10-23(16,4)24(12,30)20(29)11-31-13(2)26/h5-6,8,12,15-16,18-19,21,28,30H,7,9-11H2,1-4H3/t12-,15+,16+,18+,19?,21-,22+,23+,24+/m1/s1. The average molecular weight is 435 g/mol. The van der Waals surface area contributed by atoms with Crippen molar-refractivity contribution >= 4 is 17.5 Å². The third-order valence-electron chi connectivity index (χ3n) is 8.89. The van der Waals surface area contributed by atoms with Crippen molar-refractivity contribution in [2.45, 2.75) is 64.8 Å². The van der Waals surface area contributed by atoms with Crippen molar-refractivity contribution in [3.05, 3.63) is 23.8 Å². The molecule has 4 aliphatic carbocycles. The lowest BCUT2D eigenvalue weighted by molar-refractivity contribution is -0.187. The zero-order valence-corrected chi connectivity index (χ0v) is 18.4. The molecule has 31 heavy (non-hydrogen) atoms. The average Bonchev–Trinajstić information content (AvgIpc) is 2.88. The molecule has 0 aromatic heterocycles. The van der Waals surface area contributed by atoms with Gasteiger partial charge in [0.2, 0.25) is 5.78 Å². The topological polar surface area (TPSA) is 101 Å². The summed E-state index contributed by atoms with van der Waals surface area (Å²) < 4.78 is 20.2. The summed E-state index contributed by atoms with van der Waals surface area (Å²) in [6, 6.07) is 0. The Morgan fingerprint density at radius 3 is 2.61 bits per heavy atom. The number of halogens is 1. The normalized spacial score (nSPS) is 48.4. The molecule has 3 fully saturated rings. The highest BCUT2D eigenvalue weighted by molar-refractivity contribution is 6.01. The van der Waals surface area contributed by atoms with Crippen molar-refractivity contribution < 1.29 is 33.7 Å². The Labute approximate surface area is 181 Å². The number of carbonyl (C=O) groups is 3. The van der Waals surface area contributed by atoms with Crippen LogP contribution in [0.4, 0.5) is 4.39 Å². The van der Waals surface area contributed by atoms with Crippen molar-refractivity contribution in [1.82, 2.24) is 0 Å². The smallest absolute Gasteiger partial charge is 0.303 e. The number of esters is 1. The molecule has 0 spiro atoms. The number of ketones is 2. The van der Waals surface area contributed by atoms with Crippen molar-refractivity contribution in [3.63, 3.8) is 0 Å². The molecule has 1 unspecified atom stereocenters. The van der Waals surface area contributed by atoms with Crippen LogP contribution in [-0.4, -0.2) is 52.2 Å². The number of alkyl halides is 1. The van der Waals surface area contributed by atoms with Crippen LogP contribution in [0.1, 0.15) is 47.0 Å². The second-order valence-electron chi connectivity index (χ2n) is 10.4. The first-order valence-electron chi connectivity index (χ1n) is 11.0. The van der Waals surface area contributed by atoms with Gasteiger partial charge in [-0.15, -0.1) is 0 Å². The molecule has 0 aromatic rings. The van der Waals surface area contributed by atoms with Crippen LogP contribution in [0.15, 0.2) is 23.8 Å². The van der Waals surface area contributed by atoms with Gasteiger partial charge in [-0.1, -0.05) is 26.8 Å². The quantitative estimate of drug-likeness (QED) is 0.661. The SMILES string of the molecule is CC(=O)OCC(=O)[C@@]1(O)[C@H](C)C[C@H]2[C@@H]3C[C@H](F)C4=CC(=O)C=C[C@]4(C)[C@H]3C(O)C[C@@]21C. The van der Waals surface area contributed by atoms with Gasteiger partial charge >= 0.3 is 5.97 Å². The highest BCUT2D eigenvalue weighted by Gasteiger charge is 2.71. The highest BCUT2D eigenvalue weighted by Crippen LogP contribution is 2.68. The van der Waals surface area contributed by atoms with Crippen LogP contribution in [0.25, 0.3) is 0 Å². The summed E-state index contributed by atoms with van der Waals surface area (Å²) in [7, 11) is 0. The Morgan fingerprint density at radius 1 is 1.29 bits per heavy atom. The van der Waals surface area contributed by atoms with Gasteiger partial charge < -0.3 is 14.9 Å². The fourth-order valence-electron chi connectivity index (χ4n) is 7.54. The maximum atomic E-state index is 15.4. The molecule has 0 heterocycles. The summed E-state index contributed by atoms with van der Waals surface area (Å²) in [6.45, 7) is 6.13. The van der Waals surface area contributed by atoms with Gasteiger partial charge in [0, 0.05) is 23.7 Å². The number of allylic oxidation sites excluding steroid dienone is 4. The van der Waals surface area contributed by atoms with Crippen molar-refractivity contribution in [3.8, 4) is 0 Å². The largest absolute Gasteiger partial charge is 0.458 e. The van der Waals surface area contributed by atoms with E-state index in [0.29, 0.717) is 12.0 Å². The van der Waals surface area contributed by atoms with E-state index in [-0.39, 0.29) is 36.4 Å². The summed E-state index contributed by atoms with van der Waals surface area (Å²) in [6.07, 6.45) is 3.14. The van der Waals surface area contributed by atoms with Crippen molar-refractivity contribution in [2.75, 3.05) is 6.61 Å². The first-order valence-corrected chi connectivity index (χ1v) is 11.0. The number of aliphatic hydroxyl groups excluding tert-OH is 1. The van der Waals surface area contributed by atoms with E-state index in [1.807, 2.05) is 6.92 Å². The predicted molar refractivity (Wildman–Crippen MR) is 109 cm³/mol. The van der Waals surface area contributed by atoms with Gasteiger partial charge in [0.05, 0.1) is 6.10 Å².